The Hall–Kier alpha value is -2.77. The van der Waals surface area contributed by atoms with Crippen LogP contribution in [0.25, 0.3) is 6.08 Å². The normalized spacial score (nSPS) is 20.6. The lowest BCUT2D eigenvalue weighted by Crippen LogP contribution is -2.45. The number of rotatable bonds is 4. The summed E-state index contributed by atoms with van der Waals surface area (Å²) >= 11 is 7.43. The standard InChI is InChI=1S/C26H28ClN3O3S/c1-15-8-6-7-9-20(15)28-23(31)14-30-24(32)22(34-25(30)33)11-17-10-18-16(2)13-26(3,4)29(5)21(18)12-19(17)27/h6-12,16H,13-14H2,1-5H3,(H,28,31)/b22-11-/t16-/m0/s1. The van der Waals surface area contributed by atoms with Gasteiger partial charge in [-0.05, 0) is 85.8 Å². The first kappa shape index (κ1) is 24.4. The summed E-state index contributed by atoms with van der Waals surface area (Å²) in [6.07, 6.45) is 2.64. The molecule has 3 amide bonds. The molecular weight excluding hydrogens is 470 g/mol. The zero-order chi connectivity index (χ0) is 24.8. The molecule has 2 aromatic carbocycles. The van der Waals surface area contributed by atoms with Crippen LogP contribution in [-0.4, -0.2) is 41.1 Å². The monoisotopic (exact) mass is 497 g/mol. The van der Waals surface area contributed by atoms with E-state index in [2.05, 4.69) is 38.0 Å². The number of benzene rings is 2. The highest BCUT2D eigenvalue weighted by atomic mass is 35.5. The van der Waals surface area contributed by atoms with Crippen LogP contribution in [0.4, 0.5) is 16.2 Å². The first-order valence-electron chi connectivity index (χ1n) is 11.2. The number of anilines is 2. The fourth-order valence-electron chi connectivity index (χ4n) is 4.54. The van der Waals surface area contributed by atoms with Crippen molar-refractivity contribution in [3.05, 3.63) is 63.0 Å². The van der Waals surface area contributed by atoms with Crippen molar-refractivity contribution in [2.45, 2.75) is 45.6 Å². The molecule has 0 unspecified atom stereocenters. The zero-order valence-corrected chi connectivity index (χ0v) is 21.5. The van der Waals surface area contributed by atoms with Crippen molar-refractivity contribution < 1.29 is 14.4 Å². The Kier molecular flexibility index (Phi) is 6.53. The molecule has 6 nitrogen and oxygen atoms in total. The van der Waals surface area contributed by atoms with E-state index in [0.717, 1.165) is 39.9 Å². The van der Waals surface area contributed by atoms with Gasteiger partial charge < -0.3 is 10.2 Å². The average Bonchev–Trinajstić information content (AvgIpc) is 3.02. The maximum Gasteiger partial charge on any atom is 0.294 e. The highest BCUT2D eigenvalue weighted by Crippen LogP contribution is 2.45. The average molecular weight is 498 g/mol. The highest BCUT2D eigenvalue weighted by molar-refractivity contribution is 8.18. The van der Waals surface area contributed by atoms with Gasteiger partial charge in [0.1, 0.15) is 6.54 Å². The van der Waals surface area contributed by atoms with Crippen LogP contribution in [0.3, 0.4) is 0 Å². The fourth-order valence-corrected chi connectivity index (χ4v) is 5.58. The Morgan fingerprint density at radius 3 is 2.68 bits per heavy atom. The van der Waals surface area contributed by atoms with Gasteiger partial charge in [0.15, 0.2) is 0 Å². The number of imide groups is 1. The van der Waals surface area contributed by atoms with E-state index >= 15 is 0 Å². The van der Waals surface area contributed by atoms with E-state index in [1.165, 1.54) is 0 Å². The van der Waals surface area contributed by atoms with Crippen molar-refractivity contribution in [3.8, 4) is 0 Å². The van der Waals surface area contributed by atoms with Crippen molar-refractivity contribution in [1.82, 2.24) is 4.90 Å². The first-order chi connectivity index (χ1) is 16.0. The molecular formula is C26H28ClN3O3S. The summed E-state index contributed by atoms with van der Waals surface area (Å²) in [6, 6.07) is 11.3. The van der Waals surface area contributed by atoms with Gasteiger partial charge in [0.2, 0.25) is 5.91 Å². The Morgan fingerprint density at radius 1 is 1.26 bits per heavy atom. The molecule has 4 rings (SSSR count). The maximum atomic E-state index is 13.0. The largest absolute Gasteiger partial charge is 0.369 e. The number of thioether (sulfide) groups is 1. The van der Waals surface area contributed by atoms with Gasteiger partial charge in [-0.25, -0.2) is 0 Å². The molecule has 0 radical (unpaired) electrons. The third-order valence-electron chi connectivity index (χ3n) is 6.63. The summed E-state index contributed by atoms with van der Waals surface area (Å²) in [4.78, 5) is 41.5. The third-order valence-corrected chi connectivity index (χ3v) is 7.87. The van der Waals surface area contributed by atoms with Crippen LogP contribution in [0.2, 0.25) is 5.02 Å². The number of para-hydroxylation sites is 1. The van der Waals surface area contributed by atoms with Gasteiger partial charge in [-0.15, -0.1) is 0 Å². The molecule has 1 fully saturated rings. The number of carbonyl (C=O) groups is 3. The number of halogens is 1. The van der Waals surface area contributed by atoms with E-state index < -0.39 is 17.1 Å². The van der Waals surface area contributed by atoms with Gasteiger partial charge in [-0.1, -0.05) is 36.7 Å². The molecule has 0 aliphatic carbocycles. The molecule has 178 valence electrons. The highest BCUT2D eigenvalue weighted by Gasteiger charge is 2.37. The SMILES string of the molecule is Cc1ccccc1NC(=O)CN1C(=O)S/C(=C\c2cc3c(cc2Cl)N(C)C(C)(C)C[C@@H]3C)C1=O. The first-order valence-corrected chi connectivity index (χ1v) is 12.4. The molecule has 0 aromatic heterocycles. The second-order valence-electron chi connectivity index (χ2n) is 9.54. The van der Waals surface area contributed by atoms with Gasteiger partial charge in [-0.3, -0.25) is 19.3 Å². The Balaban J connectivity index is 1.55. The molecule has 1 N–H and O–H groups in total. The lowest BCUT2D eigenvalue weighted by atomic mass is 9.80. The van der Waals surface area contributed by atoms with E-state index in [9.17, 15) is 14.4 Å². The predicted octanol–water partition coefficient (Wildman–Crippen LogP) is 6.05. The molecule has 0 spiro atoms. The fraction of sp³-hybridized carbons (Fsp3) is 0.346. The summed E-state index contributed by atoms with van der Waals surface area (Å²) in [5.74, 6) is -0.593. The number of hydrogen-bond acceptors (Lipinski definition) is 5. The van der Waals surface area contributed by atoms with Crippen LogP contribution in [0.5, 0.6) is 0 Å². The van der Waals surface area contributed by atoms with Crippen molar-refractivity contribution in [3.63, 3.8) is 0 Å². The van der Waals surface area contributed by atoms with Crippen LogP contribution in [0.15, 0.2) is 41.3 Å². The second-order valence-corrected chi connectivity index (χ2v) is 10.9. The van der Waals surface area contributed by atoms with Crippen molar-refractivity contribution >= 4 is 57.9 Å². The second kappa shape index (κ2) is 9.12. The quantitative estimate of drug-likeness (QED) is 0.521. The van der Waals surface area contributed by atoms with Crippen LogP contribution in [0, 0.1) is 6.92 Å². The van der Waals surface area contributed by atoms with Gasteiger partial charge in [0.05, 0.1) is 4.91 Å². The lowest BCUT2D eigenvalue weighted by molar-refractivity contribution is -0.127. The molecule has 34 heavy (non-hydrogen) atoms. The lowest BCUT2D eigenvalue weighted by Gasteiger charge is -2.45. The van der Waals surface area contributed by atoms with Crippen LogP contribution >= 0.6 is 23.4 Å². The Bertz CT molecular complexity index is 1220. The number of amides is 3. The maximum absolute atomic E-state index is 13.0. The van der Waals surface area contributed by atoms with E-state index in [1.54, 1.807) is 12.1 Å². The molecule has 0 saturated carbocycles. The van der Waals surface area contributed by atoms with Crippen molar-refractivity contribution in [2.75, 3.05) is 23.8 Å². The number of carbonyl (C=O) groups excluding carboxylic acids is 3. The molecule has 2 aliphatic rings. The Morgan fingerprint density at radius 2 is 1.97 bits per heavy atom. The smallest absolute Gasteiger partial charge is 0.294 e. The third kappa shape index (κ3) is 4.59. The van der Waals surface area contributed by atoms with Crippen LogP contribution in [-0.2, 0) is 9.59 Å². The number of nitrogens with one attached hydrogen (secondary N) is 1. The van der Waals surface area contributed by atoms with Gasteiger partial charge in [0.25, 0.3) is 11.1 Å². The van der Waals surface area contributed by atoms with Crippen molar-refractivity contribution in [2.24, 2.45) is 0 Å². The zero-order valence-electron chi connectivity index (χ0n) is 19.9. The molecule has 2 heterocycles. The summed E-state index contributed by atoms with van der Waals surface area (Å²) in [5.41, 5.74) is 4.49. The minimum atomic E-state index is -0.491. The van der Waals surface area contributed by atoms with Crippen LogP contribution < -0.4 is 10.2 Å². The number of fused-ring (bicyclic) bond motifs is 1. The molecule has 0 bridgehead atoms. The summed E-state index contributed by atoms with van der Waals surface area (Å²) < 4.78 is 0. The molecule has 1 saturated heterocycles. The van der Waals surface area contributed by atoms with Gasteiger partial charge in [0, 0.05) is 29.0 Å². The van der Waals surface area contributed by atoms with Crippen LogP contribution in [0.1, 0.15) is 49.8 Å². The topological polar surface area (TPSA) is 69.7 Å². The van der Waals surface area contributed by atoms with E-state index in [1.807, 2.05) is 37.3 Å². The molecule has 8 heteroatoms. The number of hydrogen-bond donors (Lipinski definition) is 1. The molecule has 2 aliphatic heterocycles. The van der Waals surface area contributed by atoms with Gasteiger partial charge >= 0.3 is 0 Å². The van der Waals surface area contributed by atoms with Crippen molar-refractivity contribution in [1.29, 1.82) is 0 Å². The summed E-state index contributed by atoms with van der Waals surface area (Å²) in [5, 5.41) is 2.80. The Labute approximate surface area is 209 Å². The van der Waals surface area contributed by atoms with E-state index in [-0.39, 0.29) is 17.0 Å². The van der Waals surface area contributed by atoms with Gasteiger partial charge in [-0.2, -0.15) is 0 Å². The van der Waals surface area contributed by atoms with E-state index in [0.29, 0.717) is 22.2 Å². The summed E-state index contributed by atoms with van der Waals surface area (Å²) in [6.45, 7) is 8.14. The molecule has 1 atom stereocenters. The molecule has 2 aromatic rings. The minimum Gasteiger partial charge on any atom is -0.369 e. The van der Waals surface area contributed by atoms with E-state index in [4.69, 9.17) is 11.6 Å². The summed E-state index contributed by atoms with van der Waals surface area (Å²) in [7, 11) is 2.06. The number of aryl methyl sites for hydroxylation is 1. The number of nitrogens with zero attached hydrogens (tertiary/aromatic N) is 2. The predicted molar refractivity (Wildman–Crippen MR) is 139 cm³/mol. The minimum absolute atomic E-state index is 0.0127.